The molecule has 0 spiro atoms. The number of hydrogen-bond donors (Lipinski definition) is 1. The molecule has 25 heavy (non-hydrogen) atoms. The van der Waals surface area contributed by atoms with Crippen molar-refractivity contribution < 1.29 is 4.79 Å². The van der Waals surface area contributed by atoms with Gasteiger partial charge < -0.3 is 5.32 Å². The average molecular weight is 337 g/mol. The number of unbranched alkanes of at least 4 members (excludes halogenated alkanes) is 2. The van der Waals surface area contributed by atoms with Crippen molar-refractivity contribution in [2.45, 2.75) is 39.2 Å². The zero-order valence-corrected chi connectivity index (χ0v) is 14.4. The second kappa shape index (κ2) is 8.28. The third-order valence-corrected chi connectivity index (χ3v) is 3.91. The van der Waals surface area contributed by atoms with Crippen molar-refractivity contribution in [1.82, 2.24) is 19.6 Å². The van der Waals surface area contributed by atoms with Crippen molar-refractivity contribution in [3.8, 4) is 5.69 Å². The molecule has 3 rings (SSSR count). The minimum absolute atomic E-state index is 0.114. The van der Waals surface area contributed by atoms with Crippen molar-refractivity contribution in [2.75, 3.05) is 5.32 Å². The van der Waals surface area contributed by atoms with Crippen LogP contribution in [0.2, 0.25) is 0 Å². The van der Waals surface area contributed by atoms with Gasteiger partial charge in [0, 0.05) is 25.0 Å². The van der Waals surface area contributed by atoms with Crippen LogP contribution in [0.1, 0.15) is 31.9 Å². The van der Waals surface area contributed by atoms with E-state index in [-0.39, 0.29) is 12.3 Å². The second-order valence-corrected chi connectivity index (χ2v) is 5.98. The van der Waals surface area contributed by atoms with Crippen LogP contribution in [0.25, 0.3) is 5.69 Å². The molecule has 0 saturated carbocycles. The average Bonchev–Trinajstić information content (AvgIpc) is 3.26. The molecule has 2 heterocycles. The zero-order chi connectivity index (χ0) is 17.5. The predicted octanol–water partition coefficient (Wildman–Crippen LogP) is 3.44. The van der Waals surface area contributed by atoms with Crippen LogP contribution in [-0.4, -0.2) is 25.5 Å². The summed E-state index contributed by atoms with van der Waals surface area (Å²) in [6, 6.07) is 13.5. The molecule has 0 fully saturated rings. The van der Waals surface area contributed by atoms with E-state index < -0.39 is 0 Å². The van der Waals surface area contributed by atoms with E-state index in [2.05, 4.69) is 22.4 Å². The van der Waals surface area contributed by atoms with Crippen molar-refractivity contribution in [3.05, 3.63) is 60.6 Å². The number of nitrogens with zero attached hydrogens (tertiary/aromatic N) is 4. The number of aryl methyl sites for hydroxylation is 1. The molecule has 130 valence electrons. The van der Waals surface area contributed by atoms with Gasteiger partial charge in [0.05, 0.1) is 17.8 Å². The van der Waals surface area contributed by atoms with Gasteiger partial charge in [0.1, 0.15) is 0 Å². The van der Waals surface area contributed by atoms with E-state index in [0.717, 1.165) is 24.3 Å². The maximum absolute atomic E-state index is 12.2. The lowest BCUT2D eigenvalue weighted by Crippen LogP contribution is -2.15. The van der Waals surface area contributed by atoms with Gasteiger partial charge in [-0.25, -0.2) is 4.68 Å². The molecule has 0 saturated heterocycles. The number of nitrogens with one attached hydrogen (secondary N) is 1. The molecule has 6 nitrogen and oxygen atoms in total. The van der Waals surface area contributed by atoms with Crippen LogP contribution in [0, 0.1) is 0 Å². The first-order valence-corrected chi connectivity index (χ1v) is 8.68. The van der Waals surface area contributed by atoms with Crippen LogP contribution >= 0.6 is 0 Å². The number of para-hydroxylation sites is 1. The Morgan fingerprint density at radius 2 is 1.88 bits per heavy atom. The lowest BCUT2D eigenvalue weighted by molar-refractivity contribution is -0.115. The number of aromatic nitrogens is 4. The molecule has 0 aliphatic rings. The van der Waals surface area contributed by atoms with Crippen molar-refractivity contribution in [1.29, 1.82) is 0 Å². The normalized spacial score (nSPS) is 10.8. The van der Waals surface area contributed by atoms with Gasteiger partial charge in [-0.05, 0) is 24.6 Å². The number of benzene rings is 1. The van der Waals surface area contributed by atoms with Crippen molar-refractivity contribution >= 4 is 11.7 Å². The van der Waals surface area contributed by atoms with E-state index >= 15 is 0 Å². The summed E-state index contributed by atoms with van der Waals surface area (Å²) < 4.78 is 3.64. The van der Waals surface area contributed by atoms with Gasteiger partial charge >= 0.3 is 0 Å². The van der Waals surface area contributed by atoms with Gasteiger partial charge in [-0.3, -0.25) is 9.48 Å². The smallest absolute Gasteiger partial charge is 0.231 e. The van der Waals surface area contributed by atoms with Crippen molar-refractivity contribution in [3.63, 3.8) is 0 Å². The van der Waals surface area contributed by atoms with Crippen molar-refractivity contribution in [2.24, 2.45) is 0 Å². The van der Waals surface area contributed by atoms with E-state index in [0.29, 0.717) is 5.82 Å². The minimum atomic E-state index is -0.114. The fraction of sp³-hybridized carbons (Fsp3) is 0.316. The lowest BCUT2D eigenvalue weighted by atomic mass is 10.2. The van der Waals surface area contributed by atoms with Crippen LogP contribution in [0.3, 0.4) is 0 Å². The highest BCUT2D eigenvalue weighted by molar-refractivity contribution is 5.91. The Kier molecular flexibility index (Phi) is 5.61. The molecule has 0 unspecified atom stereocenters. The fourth-order valence-corrected chi connectivity index (χ4v) is 2.61. The molecule has 1 N–H and O–H groups in total. The third-order valence-electron chi connectivity index (χ3n) is 3.91. The molecule has 1 aromatic carbocycles. The Morgan fingerprint density at radius 3 is 2.68 bits per heavy atom. The number of anilines is 1. The molecular weight excluding hydrogens is 314 g/mol. The molecule has 0 aliphatic heterocycles. The first-order valence-electron chi connectivity index (χ1n) is 8.68. The van der Waals surface area contributed by atoms with Gasteiger partial charge in [-0.1, -0.05) is 38.0 Å². The van der Waals surface area contributed by atoms with Gasteiger partial charge in [-0.15, -0.1) is 0 Å². The van der Waals surface area contributed by atoms with Gasteiger partial charge in [0.25, 0.3) is 0 Å². The standard InChI is InChI=1S/C19H23N5O/c1-2-3-7-12-23-13-11-18(22-23)20-19(25)15-16-10-14-24(21-16)17-8-5-4-6-9-17/h4-6,8-11,13-14H,2-3,7,12,15H2,1H3,(H,20,22,25). The van der Waals surface area contributed by atoms with Crippen LogP contribution in [0.15, 0.2) is 54.9 Å². The summed E-state index contributed by atoms with van der Waals surface area (Å²) >= 11 is 0. The predicted molar refractivity (Wildman–Crippen MR) is 97.6 cm³/mol. The number of carbonyl (C=O) groups excluding carboxylic acids is 1. The fourth-order valence-electron chi connectivity index (χ4n) is 2.61. The van der Waals surface area contributed by atoms with E-state index in [1.54, 1.807) is 4.68 Å². The molecule has 0 bridgehead atoms. The summed E-state index contributed by atoms with van der Waals surface area (Å²) in [4.78, 5) is 12.2. The molecule has 6 heteroatoms. The Bertz CT molecular complexity index is 806. The minimum Gasteiger partial charge on any atom is -0.309 e. The van der Waals surface area contributed by atoms with E-state index in [9.17, 15) is 4.79 Å². The maximum atomic E-state index is 12.2. The molecular formula is C19H23N5O. The first kappa shape index (κ1) is 17.0. The second-order valence-electron chi connectivity index (χ2n) is 5.98. The molecule has 0 aliphatic carbocycles. The monoisotopic (exact) mass is 337 g/mol. The van der Waals surface area contributed by atoms with Crippen LogP contribution in [-0.2, 0) is 17.8 Å². The highest BCUT2D eigenvalue weighted by Gasteiger charge is 2.09. The summed E-state index contributed by atoms with van der Waals surface area (Å²) in [5, 5.41) is 11.7. The number of hydrogen-bond acceptors (Lipinski definition) is 3. The maximum Gasteiger partial charge on any atom is 0.231 e. The Morgan fingerprint density at radius 1 is 1.04 bits per heavy atom. The Balaban J connectivity index is 1.54. The highest BCUT2D eigenvalue weighted by atomic mass is 16.1. The SMILES string of the molecule is CCCCCn1ccc(NC(=O)Cc2ccn(-c3ccccc3)n2)n1. The Hall–Kier alpha value is -2.89. The van der Waals surface area contributed by atoms with Gasteiger partial charge in [0.2, 0.25) is 5.91 Å². The number of carbonyl (C=O) groups is 1. The van der Waals surface area contributed by atoms with Crippen LogP contribution < -0.4 is 5.32 Å². The summed E-state index contributed by atoms with van der Waals surface area (Å²) in [6.07, 6.45) is 7.45. The summed E-state index contributed by atoms with van der Waals surface area (Å²) in [5.41, 5.74) is 1.70. The molecule has 2 aromatic heterocycles. The molecule has 0 radical (unpaired) electrons. The van der Waals surface area contributed by atoms with E-state index in [4.69, 9.17) is 0 Å². The topological polar surface area (TPSA) is 64.7 Å². The summed E-state index contributed by atoms with van der Waals surface area (Å²) in [6.45, 7) is 3.05. The lowest BCUT2D eigenvalue weighted by Gasteiger charge is -2.02. The van der Waals surface area contributed by atoms with E-state index in [1.165, 1.54) is 12.8 Å². The largest absolute Gasteiger partial charge is 0.309 e. The zero-order valence-electron chi connectivity index (χ0n) is 14.4. The van der Waals surface area contributed by atoms with Gasteiger partial charge in [0.15, 0.2) is 5.82 Å². The first-order chi connectivity index (χ1) is 12.2. The molecule has 0 atom stereocenters. The highest BCUT2D eigenvalue weighted by Crippen LogP contribution is 2.09. The molecule has 1 amide bonds. The Labute approximate surface area is 147 Å². The third kappa shape index (κ3) is 4.79. The quantitative estimate of drug-likeness (QED) is 0.640. The van der Waals surface area contributed by atoms with Crippen LogP contribution in [0.4, 0.5) is 5.82 Å². The van der Waals surface area contributed by atoms with Gasteiger partial charge in [-0.2, -0.15) is 10.2 Å². The summed E-state index contributed by atoms with van der Waals surface area (Å²) in [7, 11) is 0. The number of rotatable bonds is 8. The van der Waals surface area contributed by atoms with Crippen LogP contribution in [0.5, 0.6) is 0 Å². The summed E-state index contributed by atoms with van der Waals surface area (Å²) in [5.74, 6) is 0.473. The number of amides is 1. The van der Waals surface area contributed by atoms with E-state index in [1.807, 2.05) is 59.5 Å². The molecule has 3 aromatic rings.